The number of nitrogens with zero attached hydrogens (tertiary/aromatic N) is 1. The molecule has 0 bridgehead atoms. The van der Waals surface area contributed by atoms with Crippen LogP contribution >= 0.6 is 0 Å². The first kappa shape index (κ1) is 23.6. The smallest absolute Gasteiger partial charge is 0.417 e. The van der Waals surface area contributed by atoms with Crippen LogP contribution in [-0.2, 0) is 27.5 Å². The summed E-state index contributed by atoms with van der Waals surface area (Å²) in [6.07, 6.45) is -4.88. The van der Waals surface area contributed by atoms with E-state index < -0.39 is 44.4 Å². The van der Waals surface area contributed by atoms with Crippen molar-refractivity contribution in [3.05, 3.63) is 59.4 Å². The molecule has 0 fully saturated rings. The lowest BCUT2D eigenvalue weighted by Gasteiger charge is -2.23. The van der Waals surface area contributed by atoms with Gasteiger partial charge in [0.2, 0.25) is 15.9 Å². The number of amides is 1. The van der Waals surface area contributed by atoms with Crippen molar-refractivity contribution in [3.63, 3.8) is 0 Å². The van der Waals surface area contributed by atoms with Crippen LogP contribution in [0.5, 0.6) is 5.75 Å². The number of benzene rings is 2. The predicted octanol–water partition coefficient (Wildman–Crippen LogP) is 3.18. The van der Waals surface area contributed by atoms with Crippen molar-refractivity contribution in [1.29, 1.82) is 0 Å². The van der Waals surface area contributed by atoms with Crippen LogP contribution in [-0.4, -0.2) is 39.4 Å². The summed E-state index contributed by atoms with van der Waals surface area (Å²) in [6, 6.07) is 6.39. The lowest BCUT2D eigenvalue weighted by atomic mass is 10.2. The number of nitrogens with one attached hydrogen (secondary N) is 1. The van der Waals surface area contributed by atoms with Crippen LogP contribution in [0.2, 0.25) is 0 Å². The molecule has 0 unspecified atom stereocenters. The van der Waals surface area contributed by atoms with Crippen LogP contribution in [0.1, 0.15) is 18.1 Å². The van der Waals surface area contributed by atoms with E-state index in [1.54, 1.807) is 0 Å². The SMILES string of the molecule is COc1ccc(CN(C)C(=O)[C@H](C)NS(=O)(=O)c2ccccc2C(F)(F)F)cc1F. The Morgan fingerprint density at radius 1 is 1.20 bits per heavy atom. The van der Waals surface area contributed by atoms with Crippen LogP contribution < -0.4 is 9.46 Å². The number of halogens is 4. The molecule has 2 aromatic carbocycles. The summed E-state index contributed by atoms with van der Waals surface area (Å²) in [6.45, 7) is 1.16. The summed E-state index contributed by atoms with van der Waals surface area (Å²) in [7, 11) is -1.97. The lowest BCUT2D eigenvalue weighted by molar-refractivity contribution is -0.139. The number of carbonyl (C=O) groups is 1. The fourth-order valence-corrected chi connectivity index (χ4v) is 4.20. The molecular formula is C19H20F4N2O4S. The normalized spacial score (nSPS) is 13.0. The molecule has 2 aromatic rings. The van der Waals surface area contributed by atoms with Gasteiger partial charge in [-0.05, 0) is 36.8 Å². The highest BCUT2D eigenvalue weighted by atomic mass is 32.2. The Morgan fingerprint density at radius 3 is 2.40 bits per heavy atom. The van der Waals surface area contributed by atoms with E-state index in [1.165, 1.54) is 33.2 Å². The zero-order valence-electron chi connectivity index (χ0n) is 16.3. The summed E-state index contributed by atoms with van der Waals surface area (Å²) in [5.41, 5.74) is -0.916. The van der Waals surface area contributed by atoms with Crippen LogP contribution in [0, 0.1) is 5.82 Å². The molecule has 0 aliphatic carbocycles. The molecule has 6 nitrogen and oxygen atoms in total. The van der Waals surface area contributed by atoms with Gasteiger partial charge in [-0.25, -0.2) is 12.8 Å². The minimum absolute atomic E-state index is 0.0252. The molecule has 1 N–H and O–H groups in total. The molecule has 0 saturated heterocycles. The van der Waals surface area contributed by atoms with E-state index in [9.17, 15) is 30.8 Å². The molecule has 11 heteroatoms. The van der Waals surface area contributed by atoms with Crippen molar-refractivity contribution in [2.45, 2.75) is 30.6 Å². The molecule has 0 heterocycles. The van der Waals surface area contributed by atoms with Gasteiger partial charge in [-0.2, -0.15) is 17.9 Å². The molecule has 0 saturated carbocycles. The fraction of sp³-hybridized carbons (Fsp3) is 0.316. The highest BCUT2D eigenvalue weighted by Crippen LogP contribution is 2.34. The summed E-state index contributed by atoms with van der Waals surface area (Å²) in [5, 5.41) is 0. The van der Waals surface area contributed by atoms with Crippen molar-refractivity contribution in [2.75, 3.05) is 14.2 Å². The first-order chi connectivity index (χ1) is 13.9. The van der Waals surface area contributed by atoms with E-state index >= 15 is 0 Å². The number of sulfonamides is 1. The van der Waals surface area contributed by atoms with Gasteiger partial charge in [0.1, 0.15) is 0 Å². The second-order valence-electron chi connectivity index (χ2n) is 6.50. The summed E-state index contributed by atoms with van der Waals surface area (Å²) in [5.74, 6) is -1.31. The molecule has 1 atom stereocenters. The van der Waals surface area contributed by atoms with Crippen molar-refractivity contribution in [2.24, 2.45) is 0 Å². The van der Waals surface area contributed by atoms with Crippen LogP contribution in [0.25, 0.3) is 0 Å². The fourth-order valence-electron chi connectivity index (χ4n) is 2.77. The van der Waals surface area contributed by atoms with Crippen LogP contribution in [0.4, 0.5) is 17.6 Å². The van der Waals surface area contributed by atoms with E-state index in [4.69, 9.17) is 4.74 Å². The zero-order valence-corrected chi connectivity index (χ0v) is 17.1. The molecular weight excluding hydrogens is 428 g/mol. The maximum atomic E-state index is 13.8. The Bertz CT molecular complexity index is 1030. The number of rotatable bonds is 7. The van der Waals surface area contributed by atoms with Crippen molar-refractivity contribution in [1.82, 2.24) is 9.62 Å². The average Bonchev–Trinajstić information content (AvgIpc) is 2.66. The van der Waals surface area contributed by atoms with Crippen molar-refractivity contribution >= 4 is 15.9 Å². The second-order valence-corrected chi connectivity index (χ2v) is 8.18. The number of likely N-dealkylation sites (N-methyl/N-ethyl adjacent to an activating group) is 1. The first-order valence-corrected chi connectivity index (χ1v) is 10.1. The Hall–Kier alpha value is -2.66. The quantitative estimate of drug-likeness (QED) is 0.661. The molecule has 0 spiro atoms. The van der Waals surface area contributed by atoms with Gasteiger partial charge < -0.3 is 9.64 Å². The van der Waals surface area contributed by atoms with Gasteiger partial charge >= 0.3 is 6.18 Å². The Labute approximate surface area is 171 Å². The predicted molar refractivity (Wildman–Crippen MR) is 101 cm³/mol. The van der Waals surface area contributed by atoms with E-state index in [0.717, 1.165) is 29.2 Å². The number of hydrogen-bond acceptors (Lipinski definition) is 4. The highest BCUT2D eigenvalue weighted by molar-refractivity contribution is 7.89. The number of ether oxygens (including phenoxy) is 1. The summed E-state index contributed by atoms with van der Waals surface area (Å²) >= 11 is 0. The number of alkyl halides is 3. The van der Waals surface area contributed by atoms with E-state index in [0.29, 0.717) is 11.6 Å². The van der Waals surface area contributed by atoms with Gasteiger partial charge in [0, 0.05) is 13.6 Å². The molecule has 2 rings (SSSR count). The molecule has 0 aliphatic rings. The highest BCUT2D eigenvalue weighted by Gasteiger charge is 2.37. The first-order valence-electron chi connectivity index (χ1n) is 8.62. The van der Waals surface area contributed by atoms with E-state index in [1.807, 2.05) is 4.72 Å². The summed E-state index contributed by atoms with van der Waals surface area (Å²) < 4.78 is 84.9. The number of methoxy groups -OCH3 is 1. The van der Waals surface area contributed by atoms with Crippen molar-refractivity contribution < 1.29 is 35.5 Å². The maximum absolute atomic E-state index is 13.8. The molecule has 164 valence electrons. The van der Waals surface area contributed by atoms with E-state index in [-0.39, 0.29) is 12.3 Å². The zero-order chi connectivity index (χ0) is 22.7. The minimum atomic E-state index is -4.88. The Balaban J connectivity index is 2.16. The summed E-state index contributed by atoms with van der Waals surface area (Å²) in [4.78, 5) is 12.7. The molecule has 1 amide bonds. The molecule has 0 aliphatic heterocycles. The van der Waals surface area contributed by atoms with Crippen molar-refractivity contribution in [3.8, 4) is 5.75 Å². The monoisotopic (exact) mass is 448 g/mol. The topological polar surface area (TPSA) is 75.7 Å². The molecule has 0 radical (unpaired) electrons. The van der Waals surface area contributed by atoms with Gasteiger partial charge in [-0.1, -0.05) is 18.2 Å². The average molecular weight is 448 g/mol. The lowest BCUT2D eigenvalue weighted by Crippen LogP contribution is -2.45. The van der Waals surface area contributed by atoms with Crippen LogP contribution in [0.15, 0.2) is 47.4 Å². The third-order valence-corrected chi connectivity index (χ3v) is 5.80. The van der Waals surface area contributed by atoms with Gasteiger partial charge in [-0.3, -0.25) is 4.79 Å². The minimum Gasteiger partial charge on any atom is -0.494 e. The molecule has 30 heavy (non-hydrogen) atoms. The standard InChI is InChI=1S/C19H20F4N2O4S/c1-12(18(26)25(2)11-13-8-9-16(29-3)15(20)10-13)24-30(27,28)17-7-5-4-6-14(17)19(21,22)23/h4-10,12,24H,11H2,1-3H3/t12-/m0/s1. The Morgan fingerprint density at radius 2 is 1.83 bits per heavy atom. The second kappa shape index (κ2) is 9.00. The van der Waals surface area contributed by atoms with Gasteiger partial charge in [0.05, 0.1) is 23.6 Å². The maximum Gasteiger partial charge on any atom is 0.417 e. The third kappa shape index (κ3) is 5.48. The van der Waals surface area contributed by atoms with Crippen LogP contribution in [0.3, 0.4) is 0 Å². The number of hydrogen-bond donors (Lipinski definition) is 1. The Kier molecular flexibility index (Phi) is 7.09. The van der Waals surface area contributed by atoms with Gasteiger partial charge in [-0.15, -0.1) is 0 Å². The third-order valence-electron chi connectivity index (χ3n) is 4.20. The van der Waals surface area contributed by atoms with Gasteiger partial charge in [0.15, 0.2) is 11.6 Å². The van der Waals surface area contributed by atoms with E-state index in [2.05, 4.69) is 0 Å². The number of carbonyl (C=O) groups excluding carboxylic acids is 1. The van der Waals surface area contributed by atoms with Gasteiger partial charge in [0.25, 0.3) is 0 Å². The largest absolute Gasteiger partial charge is 0.494 e. The molecule has 0 aromatic heterocycles.